The van der Waals surface area contributed by atoms with E-state index in [0.717, 1.165) is 77.9 Å². The van der Waals surface area contributed by atoms with Crippen LogP contribution in [0.25, 0.3) is 131 Å². The number of furan rings is 1. The van der Waals surface area contributed by atoms with Gasteiger partial charge >= 0.3 is 0 Å². The van der Waals surface area contributed by atoms with Crippen molar-refractivity contribution in [3.05, 3.63) is 212 Å². The molecule has 0 radical (unpaired) electrons. The van der Waals surface area contributed by atoms with E-state index in [1.807, 2.05) is 47.7 Å². The first-order chi connectivity index (χ1) is 31.7. The fourth-order valence-corrected chi connectivity index (χ4v) is 10.7. The van der Waals surface area contributed by atoms with Gasteiger partial charge < -0.3 is 4.42 Å². The van der Waals surface area contributed by atoms with Crippen molar-refractivity contribution in [1.29, 1.82) is 0 Å². The zero-order valence-corrected chi connectivity index (χ0v) is 35.2. The van der Waals surface area contributed by atoms with Crippen LogP contribution in [-0.2, 0) is 0 Å². The number of hydrogen-bond acceptors (Lipinski definition) is 5. The van der Waals surface area contributed by atoms with Crippen LogP contribution in [0.2, 0.25) is 0 Å². The number of aromatic nitrogens is 3. The fourth-order valence-electron chi connectivity index (χ4n) is 9.46. The second kappa shape index (κ2) is 14.7. The van der Waals surface area contributed by atoms with Crippen molar-refractivity contribution in [2.24, 2.45) is 0 Å². The molecule has 0 saturated carbocycles. The normalized spacial score (nSPS) is 11.8. The Morgan fingerprint density at radius 1 is 0.359 bits per heavy atom. The van der Waals surface area contributed by atoms with Crippen molar-refractivity contribution in [3.63, 3.8) is 0 Å². The summed E-state index contributed by atoms with van der Waals surface area (Å²) in [6.07, 6.45) is 0. The Morgan fingerprint density at radius 3 is 1.73 bits per heavy atom. The van der Waals surface area contributed by atoms with E-state index in [0.29, 0.717) is 5.82 Å². The third-order valence-electron chi connectivity index (χ3n) is 12.5. The van der Waals surface area contributed by atoms with E-state index in [2.05, 4.69) is 176 Å². The highest BCUT2D eigenvalue weighted by Gasteiger charge is 2.19. The third-order valence-corrected chi connectivity index (χ3v) is 13.7. The Morgan fingerprint density at radius 2 is 0.969 bits per heavy atom. The molecule has 4 heterocycles. The molecule has 13 aromatic rings. The lowest BCUT2D eigenvalue weighted by Gasteiger charge is -2.11. The molecule has 0 saturated heterocycles. The summed E-state index contributed by atoms with van der Waals surface area (Å²) in [5, 5.41) is 8.29. The number of pyridine rings is 1. The van der Waals surface area contributed by atoms with Gasteiger partial charge in [0.1, 0.15) is 11.2 Å². The molecule has 0 aliphatic carbocycles. The smallest absolute Gasteiger partial charge is 0.160 e. The molecule has 298 valence electrons. The zero-order valence-electron chi connectivity index (χ0n) is 34.4. The lowest BCUT2D eigenvalue weighted by Crippen LogP contribution is -1.95. The van der Waals surface area contributed by atoms with Crippen molar-refractivity contribution < 1.29 is 4.42 Å². The maximum Gasteiger partial charge on any atom is 0.160 e. The van der Waals surface area contributed by atoms with Crippen molar-refractivity contribution in [1.82, 2.24) is 15.0 Å². The first-order valence-corrected chi connectivity index (χ1v) is 22.3. The highest BCUT2D eigenvalue weighted by molar-refractivity contribution is 7.26. The van der Waals surface area contributed by atoms with E-state index < -0.39 is 0 Å². The lowest BCUT2D eigenvalue weighted by molar-refractivity contribution is 0.670. The van der Waals surface area contributed by atoms with Crippen LogP contribution in [0.5, 0.6) is 0 Å². The molecule has 13 rings (SSSR count). The first kappa shape index (κ1) is 36.4. The number of hydrogen-bond donors (Lipinski definition) is 0. The Hall–Kier alpha value is -8.25. The Kier molecular flexibility index (Phi) is 8.36. The van der Waals surface area contributed by atoms with Gasteiger partial charge in [-0.1, -0.05) is 176 Å². The minimum absolute atomic E-state index is 0.695. The standard InChI is InChI=1S/C59H35N3OS/c1-4-14-38(15-5-1)50-35-51(62-59(61-50)40-18-8-3-9-19-40)41-30-32-52-48(34-41)44-23-12-21-42(57(44)63-52)36-26-28-37(29-27-36)43-22-13-24-47-55-53(64-58(43)47)33-31-46-54(55)45-20-10-11-25-49(45)60-56(46)39-16-6-2-7-17-39/h1-35H. The minimum Gasteiger partial charge on any atom is -0.455 e. The maximum absolute atomic E-state index is 6.69. The molecule has 5 heteroatoms. The highest BCUT2D eigenvalue weighted by atomic mass is 32.1. The molecule has 0 amide bonds. The number of fused-ring (bicyclic) bond motifs is 10. The summed E-state index contributed by atoms with van der Waals surface area (Å²) in [5.74, 6) is 0.695. The fraction of sp³-hybridized carbons (Fsp3) is 0. The summed E-state index contributed by atoms with van der Waals surface area (Å²) in [7, 11) is 0. The Labute approximate surface area is 372 Å². The molecule has 0 spiro atoms. The van der Waals surface area contributed by atoms with Crippen LogP contribution in [0, 0.1) is 0 Å². The summed E-state index contributed by atoms with van der Waals surface area (Å²) in [6.45, 7) is 0. The zero-order chi connectivity index (χ0) is 42.1. The van der Waals surface area contributed by atoms with E-state index in [4.69, 9.17) is 19.4 Å². The van der Waals surface area contributed by atoms with Crippen LogP contribution < -0.4 is 0 Å². The van der Waals surface area contributed by atoms with Crippen LogP contribution >= 0.6 is 11.3 Å². The van der Waals surface area contributed by atoms with Gasteiger partial charge in [0.15, 0.2) is 5.82 Å². The molecule has 0 aliphatic heterocycles. The van der Waals surface area contributed by atoms with Gasteiger partial charge in [-0.05, 0) is 53.1 Å². The van der Waals surface area contributed by atoms with E-state index in [9.17, 15) is 0 Å². The molecule has 0 aliphatic rings. The number of benzene rings is 9. The Balaban J connectivity index is 0.899. The molecule has 0 unspecified atom stereocenters. The molecule has 4 nitrogen and oxygen atoms in total. The summed E-state index contributed by atoms with van der Waals surface area (Å²) in [6, 6.07) is 74.7. The van der Waals surface area contributed by atoms with Crippen molar-refractivity contribution in [2.45, 2.75) is 0 Å². The third kappa shape index (κ3) is 5.93. The van der Waals surface area contributed by atoms with E-state index >= 15 is 0 Å². The van der Waals surface area contributed by atoms with Gasteiger partial charge in [-0.3, -0.25) is 0 Å². The predicted molar refractivity (Wildman–Crippen MR) is 268 cm³/mol. The number of para-hydroxylation sites is 2. The van der Waals surface area contributed by atoms with Crippen LogP contribution in [0.15, 0.2) is 217 Å². The average molecular weight is 834 g/mol. The summed E-state index contributed by atoms with van der Waals surface area (Å²) in [5.41, 5.74) is 14.2. The second-order valence-electron chi connectivity index (χ2n) is 16.3. The van der Waals surface area contributed by atoms with Crippen molar-refractivity contribution in [3.8, 4) is 67.4 Å². The highest BCUT2D eigenvalue weighted by Crippen LogP contribution is 2.46. The molecule has 64 heavy (non-hydrogen) atoms. The quantitative estimate of drug-likeness (QED) is 0.157. The van der Waals surface area contributed by atoms with Gasteiger partial charge in [-0.25, -0.2) is 15.0 Å². The topological polar surface area (TPSA) is 51.8 Å². The van der Waals surface area contributed by atoms with E-state index in [1.54, 1.807) is 0 Å². The SMILES string of the molecule is c1ccc(-c2cc(-c3ccc4oc5c(-c6ccc(-c7cccc8c7sc7ccc9c(-c%10ccccc%10)nc%10ccccc%10c9c78)cc6)cccc5c4c3)nc(-c3ccccc3)n2)cc1. The number of nitrogens with zero attached hydrogens (tertiary/aromatic N) is 3. The molecule has 0 fully saturated rings. The van der Waals surface area contributed by atoms with Gasteiger partial charge in [-0.2, -0.15) is 0 Å². The molecule has 0 N–H and O–H groups in total. The average Bonchev–Trinajstić information content (AvgIpc) is 3.95. The van der Waals surface area contributed by atoms with Crippen LogP contribution in [0.1, 0.15) is 0 Å². The lowest BCUT2D eigenvalue weighted by atomic mass is 9.95. The monoisotopic (exact) mass is 833 g/mol. The largest absolute Gasteiger partial charge is 0.455 e. The molecular formula is C59H35N3OS. The number of thiophene rings is 1. The first-order valence-electron chi connectivity index (χ1n) is 21.5. The van der Waals surface area contributed by atoms with Crippen molar-refractivity contribution in [2.75, 3.05) is 0 Å². The molecule has 4 aromatic heterocycles. The molecule has 9 aromatic carbocycles. The number of rotatable bonds is 6. The van der Waals surface area contributed by atoms with E-state index in [1.165, 1.54) is 47.5 Å². The van der Waals surface area contributed by atoms with Gasteiger partial charge in [0, 0.05) is 74.9 Å². The summed E-state index contributed by atoms with van der Waals surface area (Å²) in [4.78, 5) is 15.3. The second-order valence-corrected chi connectivity index (χ2v) is 17.3. The van der Waals surface area contributed by atoms with Crippen LogP contribution in [0.4, 0.5) is 0 Å². The molecular weight excluding hydrogens is 799 g/mol. The summed E-state index contributed by atoms with van der Waals surface area (Å²) < 4.78 is 9.24. The Bertz CT molecular complexity index is 3880. The van der Waals surface area contributed by atoms with Crippen LogP contribution in [0.3, 0.4) is 0 Å². The van der Waals surface area contributed by atoms with Crippen molar-refractivity contribution >= 4 is 75.1 Å². The van der Waals surface area contributed by atoms with Gasteiger partial charge in [0.25, 0.3) is 0 Å². The predicted octanol–water partition coefficient (Wildman–Crippen LogP) is 16.4. The van der Waals surface area contributed by atoms with Gasteiger partial charge in [0.05, 0.1) is 22.6 Å². The van der Waals surface area contributed by atoms with E-state index in [-0.39, 0.29) is 0 Å². The van der Waals surface area contributed by atoms with Gasteiger partial charge in [-0.15, -0.1) is 11.3 Å². The van der Waals surface area contributed by atoms with Crippen LogP contribution in [-0.4, -0.2) is 15.0 Å². The summed E-state index contributed by atoms with van der Waals surface area (Å²) >= 11 is 1.87. The molecule has 0 atom stereocenters. The maximum atomic E-state index is 6.69. The minimum atomic E-state index is 0.695. The molecule has 0 bridgehead atoms. The van der Waals surface area contributed by atoms with Gasteiger partial charge in [0.2, 0.25) is 0 Å².